The van der Waals surface area contributed by atoms with Gasteiger partial charge in [-0.3, -0.25) is 0 Å². The van der Waals surface area contributed by atoms with Crippen LogP contribution in [0.5, 0.6) is 0 Å². The standard InChI is InChI=1S/C21H25N3O4/c22-24-23-18-11-17(12-25)19(26)21(28-14-16-9-5-2-6-10-16)20(18)27-13-15-7-3-1-4-8-15/h1-10,17-21,25-26H,11-14H2/t17-,18+,19+,20+,21+/m0/s1. The first kappa shape index (κ1) is 20.3. The van der Waals surface area contributed by atoms with Crippen LogP contribution in [-0.2, 0) is 22.7 Å². The van der Waals surface area contributed by atoms with Crippen LogP contribution in [0.25, 0.3) is 10.4 Å². The predicted molar refractivity (Wildman–Crippen MR) is 104 cm³/mol. The van der Waals surface area contributed by atoms with Gasteiger partial charge in [0, 0.05) is 17.4 Å². The van der Waals surface area contributed by atoms with E-state index in [4.69, 9.17) is 15.0 Å². The van der Waals surface area contributed by atoms with Gasteiger partial charge in [0.2, 0.25) is 0 Å². The molecule has 1 aliphatic rings. The molecule has 148 valence electrons. The maximum absolute atomic E-state index is 10.8. The molecule has 1 saturated carbocycles. The molecule has 7 nitrogen and oxygen atoms in total. The van der Waals surface area contributed by atoms with E-state index in [0.29, 0.717) is 13.0 Å². The Labute approximate surface area is 164 Å². The van der Waals surface area contributed by atoms with Gasteiger partial charge in [-0.15, -0.1) is 0 Å². The third-order valence-corrected chi connectivity index (χ3v) is 5.07. The van der Waals surface area contributed by atoms with Gasteiger partial charge in [-0.05, 0) is 23.1 Å². The number of benzene rings is 2. The second-order valence-corrected chi connectivity index (χ2v) is 6.96. The van der Waals surface area contributed by atoms with Crippen molar-refractivity contribution in [2.24, 2.45) is 11.0 Å². The van der Waals surface area contributed by atoms with Crippen molar-refractivity contribution in [3.63, 3.8) is 0 Å². The molecule has 5 atom stereocenters. The quantitative estimate of drug-likeness (QED) is 0.414. The van der Waals surface area contributed by atoms with Crippen molar-refractivity contribution in [3.05, 3.63) is 82.2 Å². The SMILES string of the molecule is [N-]=[N+]=N[C@@H]1C[C@@H](CO)[C@@H](O)[C@@H](OCc2ccccc2)[C@@H]1OCc1ccccc1. The molecule has 0 aliphatic heterocycles. The molecule has 0 saturated heterocycles. The van der Waals surface area contributed by atoms with Crippen molar-refractivity contribution in [1.82, 2.24) is 0 Å². The van der Waals surface area contributed by atoms with E-state index >= 15 is 0 Å². The van der Waals surface area contributed by atoms with Gasteiger partial charge in [0.15, 0.2) is 0 Å². The highest BCUT2D eigenvalue weighted by atomic mass is 16.5. The molecule has 3 rings (SSSR count). The molecule has 28 heavy (non-hydrogen) atoms. The highest BCUT2D eigenvalue weighted by Crippen LogP contribution is 2.32. The monoisotopic (exact) mass is 383 g/mol. The zero-order valence-electron chi connectivity index (χ0n) is 15.5. The minimum atomic E-state index is -0.917. The fourth-order valence-electron chi connectivity index (χ4n) is 3.56. The van der Waals surface area contributed by atoms with E-state index in [9.17, 15) is 10.2 Å². The fraction of sp³-hybridized carbons (Fsp3) is 0.429. The molecule has 0 amide bonds. The van der Waals surface area contributed by atoms with Crippen LogP contribution in [0.1, 0.15) is 17.5 Å². The minimum Gasteiger partial charge on any atom is -0.396 e. The van der Waals surface area contributed by atoms with Crippen LogP contribution < -0.4 is 0 Å². The van der Waals surface area contributed by atoms with Gasteiger partial charge in [-0.25, -0.2) is 0 Å². The molecular weight excluding hydrogens is 358 g/mol. The van der Waals surface area contributed by atoms with Crippen LogP contribution >= 0.6 is 0 Å². The summed E-state index contributed by atoms with van der Waals surface area (Å²) >= 11 is 0. The van der Waals surface area contributed by atoms with Gasteiger partial charge < -0.3 is 19.7 Å². The summed E-state index contributed by atoms with van der Waals surface area (Å²) < 4.78 is 12.1. The molecule has 2 N–H and O–H groups in total. The number of ether oxygens (including phenoxy) is 2. The zero-order valence-corrected chi connectivity index (χ0v) is 15.5. The summed E-state index contributed by atoms with van der Waals surface area (Å²) in [7, 11) is 0. The second-order valence-electron chi connectivity index (χ2n) is 6.96. The second kappa shape index (κ2) is 10.2. The van der Waals surface area contributed by atoms with Gasteiger partial charge in [0.25, 0.3) is 0 Å². The summed E-state index contributed by atoms with van der Waals surface area (Å²) in [6, 6.07) is 18.7. The van der Waals surface area contributed by atoms with E-state index in [0.717, 1.165) is 11.1 Å². The van der Waals surface area contributed by atoms with Crippen molar-refractivity contribution in [3.8, 4) is 0 Å². The van der Waals surface area contributed by atoms with E-state index in [1.807, 2.05) is 60.7 Å². The largest absolute Gasteiger partial charge is 0.396 e. The average Bonchev–Trinajstić information content (AvgIpc) is 2.74. The third-order valence-electron chi connectivity index (χ3n) is 5.07. The Hall–Kier alpha value is -2.41. The highest BCUT2D eigenvalue weighted by molar-refractivity contribution is 5.15. The van der Waals surface area contributed by atoms with E-state index in [1.54, 1.807) is 0 Å². The molecule has 0 heterocycles. The number of hydrogen-bond acceptors (Lipinski definition) is 5. The van der Waals surface area contributed by atoms with Crippen LogP contribution in [0.4, 0.5) is 0 Å². The average molecular weight is 383 g/mol. The van der Waals surface area contributed by atoms with Crippen molar-refractivity contribution >= 4 is 0 Å². The molecule has 7 heteroatoms. The summed E-state index contributed by atoms with van der Waals surface area (Å²) in [5, 5.41) is 24.3. The molecule has 2 aromatic rings. The number of hydrogen-bond donors (Lipinski definition) is 2. The predicted octanol–water partition coefficient (Wildman–Crippen LogP) is 3.21. The molecular formula is C21H25N3O4. The van der Waals surface area contributed by atoms with Gasteiger partial charge in [-0.1, -0.05) is 65.8 Å². The summed E-state index contributed by atoms with van der Waals surface area (Å²) in [5.74, 6) is -0.437. The molecule has 0 bridgehead atoms. The Morgan fingerprint density at radius 1 is 0.929 bits per heavy atom. The smallest absolute Gasteiger partial charge is 0.111 e. The Morgan fingerprint density at radius 3 is 1.96 bits per heavy atom. The lowest BCUT2D eigenvalue weighted by molar-refractivity contribution is -0.177. The molecule has 1 aliphatic carbocycles. The van der Waals surface area contributed by atoms with Crippen LogP contribution in [0.15, 0.2) is 65.8 Å². The first-order chi connectivity index (χ1) is 13.7. The number of nitrogens with zero attached hydrogens (tertiary/aromatic N) is 3. The van der Waals surface area contributed by atoms with Gasteiger partial charge in [0.1, 0.15) is 6.10 Å². The van der Waals surface area contributed by atoms with Gasteiger partial charge in [0.05, 0.1) is 31.5 Å². The maximum atomic E-state index is 10.8. The topological polar surface area (TPSA) is 108 Å². The number of aliphatic hydroxyl groups is 2. The first-order valence-electron chi connectivity index (χ1n) is 9.37. The molecule has 0 radical (unpaired) electrons. The lowest BCUT2D eigenvalue weighted by Gasteiger charge is -2.42. The number of aliphatic hydroxyl groups excluding tert-OH is 2. The fourth-order valence-corrected chi connectivity index (χ4v) is 3.56. The van der Waals surface area contributed by atoms with Crippen molar-refractivity contribution in [2.75, 3.05) is 6.61 Å². The summed E-state index contributed by atoms with van der Waals surface area (Å²) in [6.45, 7) is 0.384. The Kier molecular flexibility index (Phi) is 7.42. The molecule has 2 aromatic carbocycles. The molecule has 0 spiro atoms. The molecule has 1 fully saturated rings. The highest BCUT2D eigenvalue weighted by Gasteiger charge is 2.45. The van der Waals surface area contributed by atoms with Crippen LogP contribution in [0.2, 0.25) is 0 Å². The zero-order chi connectivity index (χ0) is 19.8. The van der Waals surface area contributed by atoms with Crippen LogP contribution in [0, 0.1) is 5.92 Å². The number of azide groups is 1. The third kappa shape index (κ3) is 5.10. The normalized spacial score (nSPS) is 27.1. The summed E-state index contributed by atoms with van der Waals surface area (Å²) in [6.07, 6.45) is -1.91. The van der Waals surface area contributed by atoms with Crippen molar-refractivity contribution in [1.29, 1.82) is 0 Å². The number of rotatable bonds is 8. The summed E-state index contributed by atoms with van der Waals surface area (Å²) in [4.78, 5) is 2.94. The van der Waals surface area contributed by atoms with Crippen molar-refractivity contribution in [2.45, 2.75) is 44.0 Å². The van der Waals surface area contributed by atoms with Gasteiger partial charge in [-0.2, -0.15) is 0 Å². The van der Waals surface area contributed by atoms with E-state index in [1.165, 1.54) is 0 Å². The first-order valence-corrected chi connectivity index (χ1v) is 9.37. The van der Waals surface area contributed by atoms with Crippen molar-refractivity contribution < 1.29 is 19.7 Å². The van der Waals surface area contributed by atoms with Crippen LogP contribution in [-0.4, -0.2) is 41.2 Å². The molecule has 0 unspecified atom stereocenters. The van der Waals surface area contributed by atoms with Crippen LogP contribution in [0.3, 0.4) is 0 Å². The Bertz CT molecular complexity index is 768. The molecule has 0 aromatic heterocycles. The lowest BCUT2D eigenvalue weighted by atomic mass is 9.80. The Morgan fingerprint density at radius 2 is 1.46 bits per heavy atom. The van der Waals surface area contributed by atoms with E-state index < -0.39 is 30.3 Å². The van der Waals surface area contributed by atoms with E-state index in [-0.39, 0.29) is 13.2 Å². The van der Waals surface area contributed by atoms with Gasteiger partial charge >= 0.3 is 0 Å². The lowest BCUT2D eigenvalue weighted by Crippen LogP contribution is -2.55. The maximum Gasteiger partial charge on any atom is 0.111 e. The summed E-state index contributed by atoms with van der Waals surface area (Å²) in [5.41, 5.74) is 10.9. The van der Waals surface area contributed by atoms with E-state index in [2.05, 4.69) is 10.0 Å². The Balaban J connectivity index is 1.78. The minimum absolute atomic E-state index is 0.213.